The fraction of sp³-hybridized carbons (Fsp3) is 1.00. The van der Waals surface area contributed by atoms with Gasteiger partial charge < -0.3 is 5.73 Å². The topological polar surface area (TPSA) is 26.0 Å². The largest absolute Gasteiger partial charge is 0.330 e. The number of hydrogen-bond donors (Lipinski definition) is 1. The summed E-state index contributed by atoms with van der Waals surface area (Å²) >= 11 is 0. The first-order valence-electron chi connectivity index (χ1n) is 4.80. The van der Waals surface area contributed by atoms with Crippen LogP contribution in [0.2, 0.25) is 0 Å². The quantitative estimate of drug-likeness (QED) is 0.618. The molecule has 1 aliphatic carbocycles. The van der Waals surface area contributed by atoms with Crippen LogP contribution in [0.25, 0.3) is 0 Å². The smallest absolute Gasteiger partial charge is 0.00205 e. The first-order valence-corrected chi connectivity index (χ1v) is 4.80. The summed E-state index contributed by atoms with van der Waals surface area (Å²) in [5.41, 5.74) is 6.22. The van der Waals surface area contributed by atoms with E-state index in [2.05, 4.69) is 20.8 Å². The molecule has 0 aromatic heterocycles. The van der Waals surface area contributed by atoms with Crippen molar-refractivity contribution >= 4 is 0 Å². The lowest BCUT2D eigenvalue weighted by atomic mass is 9.64. The van der Waals surface area contributed by atoms with E-state index in [0.717, 1.165) is 18.4 Å². The monoisotopic (exact) mass is 155 g/mol. The highest BCUT2D eigenvalue weighted by molar-refractivity contribution is 4.87. The zero-order chi connectivity index (χ0) is 8.48. The van der Waals surface area contributed by atoms with E-state index in [4.69, 9.17) is 5.73 Å². The summed E-state index contributed by atoms with van der Waals surface area (Å²) < 4.78 is 0. The van der Waals surface area contributed by atoms with Crippen molar-refractivity contribution < 1.29 is 0 Å². The normalized spacial score (nSPS) is 45.8. The van der Waals surface area contributed by atoms with Gasteiger partial charge in [-0.3, -0.25) is 0 Å². The molecule has 1 saturated carbocycles. The summed E-state index contributed by atoms with van der Waals surface area (Å²) in [6.07, 6.45) is 4.10. The number of rotatable bonds is 1. The molecule has 1 nitrogen and oxygen atoms in total. The van der Waals surface area contributed by atoms with Crippen LogP contribution in [0.1, 0.15) is 40.0 Å². The zero-order valence-corrected chi connectivity index (χ0v) is 8.06. The van der Waals surface area contributed by atoms with E-state index < -0.39 is 0 Å². The van der Waals surface area contributed by atoms with Gasteiger partial charge in [0.1, 0.15) is 0 Å². The maximum atomic E-state index is 5.79. The second-order valence-corrected chi connectivity index (χ2v) is 4.52. The average molecular weight is 155 g/mol. The first-order chi connectivity index (χ1) is 5.10. The van der Waals surface area contributed by atoms with Gasteiger partial charge >= 0.3 is 0 Å². The van der Waals surface area contributed by atoms with Crippen LogP contribution in [0.15, 0.2) is 0 Å². The Morgan fingerprint density at radius 1 is 1.45 bits per heavy atom. The Morgan fingerprint density at radius 2 is 2.09 bits per heavy atom. The summed E-state index contributed by atoms with van der Waals surface area (Å²) in [4.78, 5) is 0. The minimum atomic E-state index is 0.428. The van der Waals surface area contributed by atoms with Gasteiger partial charge in [0.2, 0.25) is 0 Å². The molecule has 0 spiro atoms. The Bertz CT molecular complexity index is 133. The molecular weight excluding hydrogens is 134 g/mol. The highest BCUT2D eigenvalue weighted by Crippen LogP contribution is 2.42. The third-order valence-electron chi connectivity index (χ3n) is 3.83. The molecule has 1 fully saturated rings. The van der Waals surface area contributed by atoms with Gasteiger partial charge in [0.25, 0.3) is 0 Å². The molecule has 0 aliphatic heterocycles. The Hall–Kier alpha value is -0.0400. The van der Waals surface area contributed by atoms with Crippen molar-refractivity contribution in [1.82, 2.24) is 0 Å². The lowest BCUT2D eigenvalue weighted by molar-refractivity contribution is 0.0888. The van der Waals surface area contributed by atoms with Crippen LogP contribution >= 0.6 is 0 Å². The lowest BCUT2D eigenvalue weighted by Gasteiger charge is -2.42. The van der Waals surface area contributed by atoms with Gasteiger partial charge in [-0.2, -0.15) is 0 Å². The first kappa shape index (κ1) is 9.05. The molecule has 2 N–H and O–H groups in total. The maximum absolute atomic E-state index is 5.79. The highest BCUT2D eigenvalue weighted by Gasteiger charge is 2.35. The Labute approximate surface area is 70.4 Å². The van der Waals surface area contributed by atoms with Gasteiger partial charge in [0, 0.05) is 0 Å². The molecule has 66 valence electrons. The van der Waals surface area contributed by atoms with Crippen molar-refractivity contribution in [3.05, 3.63) is 0 Å². The van der Waals surface area contributed by atoms with E-state index in [0.29, 0.717) is 5.41 Å². The second kappa shape index (κ2) is 3.14. The van der Waals surface area contributed by atoms with Crippen molar-refractivity contribution in [3.63, 3.8) is 0 Å². The SMILES string of the molecule is CC1CCCC(C)(CN)C1C. The summed E-state index contributed by atoms with van der Waals surface area (Å²) in [5, 5.41) is 0. The third kappa shape index (κ3) is 1.58. The molecule has 0 bridgehead atoms. The molecule has 0 amide bonds. The van der Waals surface area contributed by atoms with Gasteiger partial charge in [0.05, 0.1) is 0 Å². The molecule has 1 aliphatic rings. The number of hydrogen-bond acceptors (Lipinski definition) is 1. The van der Waals surface area contributed by atoms with Crippen LogP contribution in [-0.2, 0) is 0 Å². The van der Waals surface area contributed by atoms with Crippen molar-refractivity contribution in [2.24, 2.45) is 23.0 Å². The van der Waals surface area contributed by atoms with Crippen molar-refractivity contribution in [3.8, 4) is 0 Å². The molecule has 1 heteroatoms. The molecular formula is C10H21N. The summed E-state index contributed by atoms with van der Waals surface area (Å²) in [6, 6.07) is 0. The summed E-state index contributed by atoms with van der Waals surface area (Å²) in [5.74, 6) is 1.68. The van der Waals surface area contributed by atoms with Crippen LogP contribution < -0.4 is 5.73 Å². The molecule has 1 rings (SSSR count). The van der Waals surface area contributed by atoms with Gasteiger partial charge in [-0.1, -0.05) is 33.6 Å². The van der Waals surface area contributed by atoms with Crippen LogP contribution in [0.4, 0.5) is 0 Å². The predicted octanol–water partition coefficient (Wildman–Crippen LogP) is 2.41. The minimum absolute atomic E-state index is 0.428. The Morgan fingerprint density at radius 3 is 2.55 bits per heavy atom. The van der Waals surface area contributed by atoms with Gasteiger partial charge in [-0.05, 0) is 30.2 Å². The van der Waals surface area contributed by atoms with Crippen molar-refractivity contribution in [1.29, 1.82) is 0 Å². The molecule has 0 saturated heterocycles. The highest BCUT2D eigenvalue weighted by atomic mass is 14.6. The van der Waals surface area contributed by atoms with E-state index >= 15 is 0 Å². The summed E-state index contributed by atoms with van der Waals surface area (Å²) in [6.45, 7) is 7.92. The molecule has 11 heavy (non-hydrogen) atoms. The van der Waals surface area contributed by atoms with Crippen molar-refractivity contribution in [2.75, 3.05) is 6.54 Å². The van der Waals surface area contributed by atoms with E-state index in [1.54, 1.807) is 0 Å². The molecule has 0 aromatic rings. The minimum Gasteiger partial charge on any atom is -0.330 e. The predicted molar refractivity (Wildman–Crippen MR) is 49.3 cm³/mol. The Kier molecular flexibility index (Phi) is 2.58. The van der Waals surface area contributed by atoms with E-state index in [1.165, 1.54) is 19.3 Å². The standard InChI is InChI=1S/C10H21N/c1-8-5-4-6-10(3,7-11)9(8)2/h8-9H,4-7,11H2,1-3H3. The van der Waals surface area contributed by atoms with E-state index in [-0.39, 0.29) is 0 Å². The molecule has 0 heterocycles. The molecule has 3 atom stereocenters. The second-order valence-electron chi connectivity index (χ2n) is 4.52. The lowest BCUT2D eigenvalue weighted by Crippen LogP contribution is -2.39. The van der Waals surface area contributed by atoms with Crippen LogP contribution in [0.5, 0.6) is 0 Å². The van der Waals surface area contributed by atoms with E-state index in [9.17, 15) is 0 Å². The molecule has 0 radical (unpaired) electrons. The van der Waals surface area contributed by atoms with Gasteiger partial charge in [-0.25, -0.2) is 0 Å². The third-order valence-corrected chi connectivity index (χ3v) is 3.83. The maximum Gasteiger partial charge on any atom is -0.00205 e. The fourth-order valence-electron chi connectivity index (χ4n) is 2.28. The van der Waals surface area contributed by atoms with E-state index in [1.807, 2.05) is 0 Å². The van der Waals surface area contributed by atoms with Gasteiger partial charge in [-0.15, -0.1) is 0 Å². The molecule has 0 aromatic carbocycles. The van der Waals surface area contributed by atoms with Crippen LogP contribution in [-0.4, -0.2) is 6.54 Å². The number of nitrogens with two attached hydrogens (primary N) is 1. The zero-order valence-electron chi connectivity index (χ0n) is 8.06. The Balaban J connectivity index is 2.64. The van der Waals surface area contributed by atoms with Crippen molar-refractivity contribution in [2.45, 2.75) is 40.0 Å². The van der Waals surface area contributed by atoms with Gasteiger partial charge in [0.15, 0.2) is 0 Å². The molecule has 3 unspecified atom stereocenters. The fourth-order valence-corrected chi connectivity index (χ4v) is 2.28. The average Bonchev–Trinajstić information content (AvgIpc) is 2.00. The van der Waals surface area contributed by atoms with Crippen LogP contribution in [0, 0.1) is 17.3 Å². The summed E-state index contributed by atoms with van der Waals surface area (Å²) in [7, 11) is 0. The van der Waals surface area contributed by atoms with Crippen LogP contribution in [0.3, 0.4) is 0 Å².